The maximum absolute atomic E-state index is 12.8. The molecule has 0 unspecified atom stereocenters. The molecule has 1 aliphatic rings. The molecule has 5 N–H and O–H groups in total. The lowest BCUT2D eigenvalue weighted by atomic mass is 10.0. The summed E-state index contributed by atoms with van der Waals surface area (Å²) in [6.45, 7) is 0.324. The molecule has 2 aromatic carbocycles. The van der Waals surface area contributed by atoms with Gasteiger partial charge in [-0.25, -0.2) is 14.3 Å². The summed E-state index contributed by atoms with van der Waals surface area (Å²) in [6.07, 6.45) is -0.722. The molecule has 0 saturated carbocycles. The molecule has 0 amide bonds. The number of hydrogen-bond acceptors (Lipinski definition) is 7. The van der Waals surface area contributed by atoms with E-state index < -0.39 is 28.1 Å². The number of nitrogens with two attached hydrogens (primary N) is 1. The highest BCUT2D eigenvalue weighted by molar-refractivity contribution is 7.89. The maximum Gasteiger partial charge on any atom is 0.322 e. The second kappa shape index (κ2) is 10.3. The van der Waals surface area contributed by atoms with Crippen LogP contribution in [0.4, 0.5) is 0 Å². The third-order valence-corrected chi connectivity index (χ3v) is 6.41. The van der Waals surface area contributed by atoms with Crippen molar-refractivity contribution in [3.05, 3.63) is 60.2 Å². The fraction of sp³-hybridized carbons (Fsp3) is 0.316. The van der Waals surface area contributed by atoms with Gasteiger partial charge in [0.05, 0.1) is 11.0 Å². The quantitative estimate of drug-likeness (QED) is 0.505. The Balaban J connectivity index is 0.00000145. The van der Waals surface area contributed by atoms with E-state index in [4.69, 9.17) is 9.94 Å². The Morgan fingerprint density at radius 3 is 2.31 bits per heavy atom. The average molecular weight is 424 g/mol. The van der Waals surface area contributed by atoms with Crippen LogP contribution in [0.1, 0.15) is 18.4 Å². The Morgan fingerprint density at radius 1 is 1.10 bits per heavy atom. The molecule has 0 aliphatic carbocycles. The van der Waals surface area contributed by atoms with Gasteiger partial charge in [0.15, 0.2) is 0 Å². The molecule has 9 nitrogen and oxygen atoms in total. The van der Waals surface area contributed by atoms with E-state index in [-0.39, 0.29) is 24.3 Å². The number of rotatable bonds is 6. The van der Waals surface area contributed by atoms with E-state index in [1.54, 1.807) is 12.1 Å². The first kappa shape index (κ1) is 22.8. The molecule has 0 spiro atoms. The van der Waals surface area contributed by atoms with Gasteiger partial charge in [0.1, 0.15) is 18.4 Å². The van der Waals surface area contributed by atoms with Crippen molar-refractivity contribution in [1.82, 2.24) is 4.31 Å². The van der Waals surface area contributed by atoms with E-state index in [0.29, 0.717) is 12.4 Å². The van der Waals surface area contributed by atoms with Crippen LogP contribution < -0.4 is 10.6 Å². The maximum atomic E-state index is 12.8. The van der Waals surface area contributed by atoms with Gasteiger partial charge < -0.3 is 20.2 Å². The van der Waals surface area contributed by atoms with E-state index in [1.165, 1.54) is 12.1 Å². The minimum atomic E-state index is -3.98. The minimum absolute atomic E-state index is 0.00259. The normalized spacial score (nSPS) is 19.7. The van der Waals surface area contributed by atoms with Crippen LogP contribution in [0.3, 0.4) is 0 Å². The van der Waals surface area contributed by atoms with E-state index in [9.17, 15) is 23.4 Å². The molecule has 158 valence electrons. The van der Waals surface area contributed by atoms with Gasteiger partial charge in [-0.3, -0.25) is 4.79 Å². The van der Waals surface area contributed by atoms with Crippen molar-refractivity contribution in [2.24, 2.45) is 5.90 Å². The Morgan fingerprint density at radius 2 is 1.72 bits per heavy atom. The standard InChI is InChI=1S/C19H21NO6S.H3NO/c21-15-10-11-20(18(12-15)19(22)23)27(24,25)17-8-6-16(7-9-17)26-13-14-4-2-1-3-5-14;1-2/h1-9,15,18,21H,10-13H2,(H,22,23);2H,1H2/t15-,18-;/m1./s1. The van der Waals surface area contributed by atoms with Crippen LogP contribution in [0.2, 0.25) is 0 Å². The summed E-state index contributed by atoms with van der Waals surface area (Å²) >= 11 is 0. The Labute approximate surface area is 169 Å². The SMILES string of the molecule is NO.O=C(O)[C@H]1C[C@H](O)CCN1S(=O)(=O)c1ccc(OCc2ccccc2)cc1. The van der Waals surface area contributed by atoms with Crippen LogP contribution in [0.25, 0.3) is 0 Å². The number of hydrogen-bond donors (Lipinski definition) is 4. The van der Waals surface area contributed by atoms with Crippen molar-refractivity contribution < 1.29 is 33.4 Å². The molecular formula is C19H24N2O7S. The number of ether oxygens (including phenoxy) is 1. The number of aliphatic carboxylic acids is 1. The first-order valence-electron chi connectivity index (χ1n) is 8.83. The van der Waals surface area contributed by atoms with Gasteiger partial charge in [0.2, 0.25) is 10.0 Å². The van der Waals surface area contributed by atoms with Crippen LogP contribution in [0, 0.1) is 0 Å². The molecule has 0 aromatic heterocycles. The van der Waals surface area contributed by atoms with Gasteiger partial charge >= 0.3 is 5.97 Å². The summed E-state index contributed by atoms with van der Waals surface area (Å²) < 4.78 is 32.3. The highest BCUT2D eigenvalue weighted by Crippen LogP contribution is 2.27. The predicted molar refractivity (Wildman–Crippen MR) is 104 cm³/mol. The molecule has 3 rings (SSSR count). The van der Waals surface area contributed by atoms with Crippen molar-refractivity contribution in [1.29, 1.82) is 0 Å². The summed E-state index contributed by atoms with van der Waals surface area (Å²) in [6, 6.07) is 14.2. The number of carboxylic acids is 1. The van der Waals surface area contributed by atoms with Gasteiger partial charge in [-0.2, -0.15) is 4.31 Å². The smallest absolute Gasteiger partial charge is 0.322 e. The number of aliphatic hydroxyl groups is 1. The molecule has 0 radical (unpaired) electrons. The third-order valence-electron chi connectivity index (χ3n) is 4.49. The Bertz CT molecular complexity index is 889. The molecule has 1 aliphatic heterocycles. The zero-order chi connectivity index (χ0) is 21.4. The molecule has 0 bridgehead atoms. The van der Waals surface area contributed by atoms with E-state index in [1.807, 2.05) is 30.3 Å². The van der Waals surface area contributed by atoms with Gasteiger partial charge in [0, 0.05) is 13.0 Å². The fourth-order valence-electron chi connectivity index (χ4n) is 3.02. The fourth-order valence-corrected chi connectivity index (χ4v) is 4.63. The van der Waals surface area contributed by atoms with Crippen molar-refractivity contribution in [2.45, 2.75) is 36.5 Å². The largest absolute Gasteiger partial charge is 0.489 e. The van der Waals surface area contributed by atoms with Crippen molar-refractivity contribution in [2.75, 3.05) is 6.54 Å². The monoisotopic (exact) mass is 424 g/mol. The molecule has 1 saturated heterocycles. The van der Waals surface area contributed by atoms with Gasteiger partial charge in [-0.15, -0.1) is 0 Å². The molecular weight excluding hydrogens is 400 g/mol. The first-order valence-corrected chi connectivity index (χ1v) is 10.3. The Hall–Kier alpha value is -2.50. The van der Waals surface area contributed by atoms with Crippen molar-refractivity contribution in [3.63, 3.8) is 0 Å². The van der Waals surface area contributed by atoms with Crippen LogP contribution in [0.15, 0.2) is 59.5 Å². The highest BCUT2D eigenvalue weighted by Gasteiger charge is 2.40. The van der Waals surface area contributed by atoms with Gasteiger partial charge in [-0.05, 0) is 36.2 Å². The number of carbonyl (C=O) groups is 1. The summed E-state index contributed by atoms with van der Waals surface area (Å²) in [5.74, 6) is 2.75. The van der Waals surface area contributed by atoms with E-state index in [0.717, 1.165) is 9.87 Å². The van der Waals surface area contributed by atoms with Crippen LogP contribution in [-0.4, -0.2) is 52.8 Å². The van der Waals surface area contributed by atoms with Crippen LogP contribution in [0.5, 0.6) is 5.75 Å². The lowest BCUT2D eigenvalue weighted by Crippen LogP contribution is -2.51. The lowest BCUT2D eigenvalue weighted by Gasteiger charge is -2.34. The Kier molecular flexibility index (Phi) is 8.11. The number of piperidine rings is 1. The molecule has 2 atom stereocenters. The molecule has 1 heterocycles. The predicted octanol–water partition coefficient (Wildman–Crippen LogP) is 1.20. The van der Waals surface area contributed by atoms with Gasteiger partial charge in [0.25, 0.3) is 0 Å². The van der Waals surface area contributed by atoms with E-state index in [2.05, 4.69) is 5.90 Å². The average Bonchev–Trinajstić information content (AvgIpc) is 2.74. The molecule has 29 heavy (non-hydrogen) atoms. The zero-order valence-electron chi connectivity index (χ0n) is 15.6. The topological polar surface area (TPSA) is 150 Å². The lowest BCUT2D eigenvalue weighted by molar-refractivity contribution is -0.143. The number of nitrogens with zero attached hydrogens (tertiary/aromatic N) is 1. The van der Waals surface area contributed by atoms with Crippen molar-refractivity contribution >= 4 is 16.0 Å². The number of sulfonamides is 1. The summed E-state index contributed by atoms with van der Waals surface area (Å²) in [5.41, 5.74) is 0.991. The van der Waals surface area contributed by atoms with E-state index >= 15 is 0 Å². The summed E-state index contributed by atoms with van der Waals surface area (Å²) in [4.78, 5) is 11.4. The summed E-state index contributed by atoms with van der Waals surface area (Å²) in [7, 11) is -3.98. The third kappa shape index (κ3) is 5.75. The highest BCUT2D eigenvalue weighted by atomic mass is 32.2. The second-order valence-corrected chi connectivity index (χ2v) is 8.28. The second-order valence-electron chi connectivity index (χ2n) is 6.39. The van der Waals surface area contributed by atoms with Gasteiger partial charge in [-0.1, -0.05) is 30.3 Å². The molecule has 10 heteroatoms. The van der Waals surface area contributed by atoms with Crippen LogP contribution >= 0.6 is 0 Å². The minimum Gasteiger partial charge on any atom is -0.489 e. The van der Waals surface area contributed by atoms with Crippen LogP contribution in [-0.2, 0) is 21.4 Å². The molecule has 2 aromatic rings. The number of carboxylic acid groups (broad SMARTS) is 1. The number of benzene rings is 2. The summed E-state index contributed by atoms with van der Waals surface area (Å²) in [5, 5.41) is 25.5. The molecule has 1 fully saturated rings. The first-order chi connectivity index (χ1) is 13.9. The zero-order valence-corrected chi connectivity index (χ0v) is 16.4. The van der Waals surface area contributed by atoms with Crippen molar-refractivity contribution in [3.8, 4) is 5.75 Å². The number of aliphatic hydroxyl groups excluding tert-OH is 1.